The Morgan fingerprint density at radius 3 is 2.15 bits per heavy atom. The van der Waals surface area contributed by atoms with Crippen LogP contribution >= 0.6 is 58.0 Å². The van der Waals surface area contributed by atoms with Crippen molar-refractivity contribution in [3.8, 4) is 5.75 Å². The molecular formula is C15H10Cl5N3O3. The molecule has 0 heterocycles. The van der Waals surface area contributed by atoms with E-state index in [-0.39, 0.29) is 25.8 Å². The molecule has 0 aliphatic rings. The maximum absolute atomic E-state index is 11.7. The third kappa shape index (κ3) is 6.00. The van der Waals surface area contributed by atoms with Crippen molar-refractivity contribution in [2.24, 2.45) is 0 Å². The fourth-order valence-electron chi connectivity index (χ4n) is 1.66. The molecule has 0 aliphatic carbocycles. The summed E-state index contributed by atoms with van der Waals surface area (Å²) in [6.45, 7) is -0.412. The van der Waals surface area contributed by atoms with Crippen molar-refractivity contribution in [1.29, 1.82) is 0 Å². The smallest absolute Gasteiger partial charge is 0.337 e. The second kappa shape index (κ2) is 9.39. The molecule has 138 valence electrons. The van der Waals surface area contributed by atoms with E-state index in [1.165, 1.54) is 24.3 Å². The molecule has 26 heavy (non-hydrogen) atoms. The van der Waals surface area contributed by atoms with Gasteiger partial charge in [-0.1, -0.05) is 58.0 Å². The fourth-order valence-corrected chi connectivity index (χ4v) is 2.55. The van der Waals surface area contributed by atoms with Crippen molar-refractivity contribution >= 4 is 75.6 Å². The largest absolute Gasteiger partial charge is 0.482 e. The first-order chi connectivity index (χ1) is 12.3. The number of carbonyl (C=O) groups excluding carboxylic acids is 2. The number of hydrogen-bond acceptors (Lipinski definition) is 3. The highest BCUT2D eigenvalue weighted by Crippen LogP contribution is 2.33. The van der Waals surface area contributed by atoms with Crippen molar-refractivity contribution in [3.63, 3.8) is 0 Å². The summed E-state index contributed by atoms with van der Waals surface area (Å²) in [4.78, 5) is 23.4. The van der Waals surface area contributed by atoms with E-state index in [0.717, 1.165) is 0 Å². The average Bonchev–Trinajstić information content (AvgIpc) is 2.58. The van der Waals surface area contributed by atoms with Crippen LogP contribution in [-0.2, 0) is 4.79 Å². The van der Waals surface area contributed by atoms with Crippen LogP contribution in [0, 0.1) is 0 Å². The molecular weight excluding hydrogens is 447 g/mol. The van der Waals surface area contributed by atoms with E-state index in [0.29, 0.717) is 10.7 Å². The summed E-state index contributed by atoms with van der Waals surface area (Å²) >= 11 is 29.2. The van der Waals surface area contributed by atoms with Gasteiger partial charge in [0.15, 0.2) is 6.61 Å². The Kier molecular flexibility index (Phi) is 7.49. The Morgan fingerprint density at radius 2 is 1.46 bits per heavy atom. The molecule has 0 saturated heterocycles. The van der Waals surface area contributed by atoms with E-state index in [1.807, 2.05) is 0 Å². The number of hydrazine groups is 1. The number of halogens is 5. The third-order valence-corrected chi connectivity index (χ3v) is 4.58. The summed E-state index contributed by atoms with van der Waals surface area (Å²) < 4.78 is 5.22. The van der Waals surface area contributed by atoms with Crippen LogP contribution in [0.2, 0.25) is 25.1 Å². The highest BCUT2D eigenvalue weighted by molar-refractivity contribution is 6.43. The fraction of sp³-hybridized carbons (Fsp3) is 0.0667. The predicted molar refractivity (Wildman–Crippen MR) is 104 cm³/mol. The molecule has 3 amide bonds. The molecule has 2 aromatic rings. The minimum absolute atomic E-state index is 0.177. The van der Waals surface area contributed by atoms with E-state index in [9.17, 15) is 9.59 Å². The lowest BCUT2D eigenvalue weighted by atomic mass is 10.3. The van der Waals surface area contributed by atoms with Crippen molar-refractivity contribution < 1.29 is 14.3 Å². The van der Waals surface area contributed by atoms with Crippen LogP contribution in [0.25, 0.3) is 0 Å². The zero-order valence-corrected chi connectivity index (χ0v) is 16.5. The molecule has 2 rings (SSSR count). The van der Waals surface area contributed by atoms with Gasteiger partial charge < -0.3 is 10.1 Å². The lowest BCUT2D eigenvalue weighted by molar-refractivity contribution is -0.123. The Hall–Kier alpha value is -1.57. The molecule has 0 aromatic heterocycles. The lowest BCUT2D eigenvalue weighted by Crippen LogP contribution is -2.45. The average molecular weight is 458 g/mol. The summed E-state index contributed by atoms with van der Waals surface area (Å²) in [5.41, 5.74) is 4.70. The summed E-state index contributed by atoms with van der Waals surface area (Å²) in [7, 11) is 0. The highest BCUT2D eigenvalue weighted by Gasteiger charge is 2.10. The summed E-state index contributed by atoms with van der Waals surface area (Å²) in [6, 6.07) is 6.61. The SMILES string of the molecule is O=C(COc1cc(Cl)c(Cl)cc1Cl)NNC(=O)Nc1ccc(Cl)c(Cl)c1. The normalized spacial score (nSPS) is 10.2. The number of anilines is 1. The van der Waals surface area contributed by atoms with Crippen LogP contribution in [0.15, 0.2) is 30.3 Å². The summed E-state index contributed by atoms with van der Waals surface area (Å²) in [5, 5.41) is 3.77. The van der Waals surface area contributed by atoms with Gasteiger partial charge in [0.2, 0.25) is 0 Å². The molecule has 0 unspecified atom stereocenters. The van der Waals surface area contributed by atoms with E-state index < -0.39 is 18.5 Å². The second-order valence-electron chi connectivity index (χ2n) is 4.74. The van der Waals surface area contributed by atoms with Gasteiger partial charge in [-0.3, -0.25) is 10.2 Å². The van der Waals surface area contributed by atoms with E-state index in [1.54, 1.807) is 6.07 Å². The molecule has 11 heteroatoms. The van der Waals surface area contributed by atoms with Gasteiger partial charge in [-0.05, 0) is 24.3 Å². The molecule has 0 radical (unpaired) electrons. The van der Waals surface area contributed by atoms with E-state index >= 15 is 0 Å². The Balaban J connectivity index is 1.80. The lowest BCUT2D eigenvalue weighted by Gasteiger charge is -2.11. The van der Waals surface area contributed by atoms with Crippen LogP contribution < -0.4 is 20.9 Å². The van der Waals surface area contributed by atoms with E-state index in [4.69, 9.17) is 62.7 Å². The van der Waals surface area contributed by atoms with Crippen molar-refractivity contribution in [1.82, 2.24) is 10.9 Å². The molecule has 0 spiro atoms. The molecule has 2 aromatic carbocycles. The first-order valence-electron chi connectivity index (χ1n) is 6.84. The van der Waals surface area contributed by atoms with Gasteiger partial charge in [-0.25, -0.2) is 10.2 Å². The van der Waals surface area contributed by atoms with Crippen LogP contribution in [-0.4, -0.2) is 18.5 Å². The number of rotatable bonds is 4. The predicted octanol–water partition coefficient (Wildman–Crippen LogP) is 5.19. The van der Waals surface area contributed by atoms with Gasteiger partial charge in [0.1, 0.15) is 5.75 Å². The zero-order valence-electron chi connectivity index (χ0n) is 12.7. The summed E-state index contributed by atoms with van der Waals surface area (Å²) in [6.07, 6.45) is 0. The van der Waals surface area contributed by atoms with Crippen LogP contribution in [0.3, 0.4) is 0 Å². The first-order valence-corrected chi connectivity index (χ1v) is 8.73. The molecule has 0 bridgehead atoms. The number of ether oxygens (including phenoxy) is 1. The topological polar surface area (TPSA) is 79.5 Å². The number of hydrogen-bond donors (Lipinski definition) is 3. The van der Waals surface area contributed by atoms with Gasteiger partial charge in [0.05, 0.1) is 25.1 Å². The van der Waals surface area contributed by atoms with E-state index in [2.05, 4.69) is 16.2 Å². The van der Waals surface area contributed by atoms with Crippen LogP contribution in [0.5, 0.6) is 5.75 Å². The van der Waals surface area contributed by atoms with Crippen molar-refractivity contribution in [3.05, 3.63) is 55.4 Å². The summed E-state index contributed by atoms with van der Waals surface area (Å²) in [5.74, 6) is -0.451. The van der Waals surface area contributed by atoms with Gasteiger partial charge in [-0.15, -0.1) is 0 Å². The second-order valence-corrected chi connectivity index (χ2v) is 6.78. The molecule has 3 N–H and O–H groups in total. The maximum Gasteiger partial charge on any atom is 0.337 e. The standard InChI is InChI=1S/C15H10Cl5N3O3/c16-8-2-1-7(3-9(8)17)21-15(25)23-22-14(24)6-26-13-5-11(19)10(18)4-12(13)20/h1-5H,6H2,(H,22,24)(H2,21,23,25). The number of benzene rings is 2. The van der Waals surface area contributed by atoms with Gasteiger partial charge >= 0.3 is 6.03 Å². The van der Waals surface area contributed by atoms with Gasteiger partial charge in [0, 0.05) is 11.8 Å². The minimum atomic E-state index is -0.690. The number of nitrogens with one attached hydrogen (secondary N) is 3. The minimum Gasteiger partial charge on any atom is -0.482 e. The van der Waals surface area contributed by atoms with Crippen molar-refractivity contribution in [2.45, 2.75) is 0 Å². The third-order valence-electron chi connectivity index (χ3n) is 2.83. The highest BCUT2D eigenvalue weighted by atomic mass is 35.5. The molecule has 6 nitrogen and oxygen atoms in total. The molecule has 0 aliphatic heterocycles. The first kappa shape index (κ1) is 20.7. The van der Waals surface area contributed by atoms with Crippen molar-refractivity contribution in [2.75, 3.05) is 11.9 Å². The zero-order chi connectivity index (χ0) is 19.3. The Labute approximate surface area is 173 Å². The van der Waals surface area contributed by atoms with Gasteiger partial charge in [-0.2, -0.15) is 0 Å². The Morgan fingerprint density at radius 1 is 0.808 bits per heavy atom. The maximum atomic E-state index is 11.7. The number of carbonyl (C=O) groups is 2. The van der Waals surface area contributed by atoms with Crippen LogP contribution in [0.1, 0.15) is 0 Å². The number of urea groups is 1. The number of amides is 3. The van der Waals surface area contributed by atoms with Gasteiger partial charge in [0.25, 0.3) is 5.91 Å². The molecule has 0 saturated carbocycles. The molecule has 0 fully saturated rings. The molecule has 0 atom stereocenters. The quantitative estimate of drug-likeness (QED) is 0.437. The monoisotopic (exact) mass is 455 g/mol. The van der Waals surface area contributed by atoms with Crippen LogP contribution in [0.4, 0.5) is 10.5 Å². The Bertz CT molecular complexity index is 848.